The van der Waals surface area contributed by atoms with Crippen molar-refractivity contribution in [2.45, 2.75) is 6.92 Å². The number of nitrogens with zero attached hydrogens (tertiary/aromatic N) is 2. The molecule has 0 amide bonds. The first kappa shape index (κ1) is 9.23. The first-order valence-electron chi connectivity index (χ1n) is 17.7. The van der Waals surface area contributed by atoms with Crippen LogP contribution in [0.4, 0.5) is 0 Å². The van der Waals surface area contributed by atoms with Gasteiger partial charge in [-0.1, -0.05) is 55.3 Å². The van der Waals surface area contributed by atoms with Gasteiger partial charge in [0.15, 0.2) is 0 Å². The van der Waals surface area contributed by atoms with Gasteiger partial charge in [0.05, 0.1) is 15.1 Å². The van der Waals surface area contributed by atoms with Gasteiger partial charge in [-0.3, -0.25) is 0 Å². The fraction of sp³-hybridized carbons (Fsp3) is 0.0345. The van der Waals surface area contributed by atoms with Gasteiger partial charge >= 0.3 is 0 Å². The Morgan fingerprint density at radius 2 is 1.50 bits per heavy atom. The first-order chi connectivity index (χ1) is 22.7. The number of hydrogen-bond acceptors (Lipinski definition) is 2. The molecule has 0 aliphatic rings. The Kier molecular flexibility index (Phi) is 3.42. The van der Waals surface area contributed by atoms with Gasteiger partial charge in [-0.25, -0.2) is 0 Å². The van der Waals surface area contributed by atoms with Crippen LogP contribution in [-0.4, -0.2) is 9.97 Å². The second kappa shape index (κ2) is 11.9. The van der Waals surface area contributed by atoms with Gasteiger partial charge < -0.3 is 9.97 Å². The summed E-state index contributed by atoms with van der Waals surface area (Å²) >= 11 is 0. The summed E-state index contributed by atoms with van der Waals surface area (Å²) in [7, 11) is 0. The van der Waals surface area contributed by atoms with E-state index >= 15 is 0 Å². The second-order valence-corrected chi connectivity index (χ2v) is 5.72. The molecule has 0 N–H and O–H groups in total. The maximum atomic E-state index is 8.45. The molecule has 2 aromatic heterocycles. The number of aromatic nitrogens is 2. The predicted molar refractivity (Wildman–Crippen MR) is 127 cm³/mol. The maximum absolute atomic E-state index is 8.45. The van der Waals surface area contributed by atoms with Crippen molar-refractivity contribution in [2.75, 3.05) is 0 Å². The summed E-state index contributed by atoms with van der Waals surface area (Å²) in [5.41, 5.74) is -0.850. The van der Waals surface area contributed by atoms with Crippen LogP contribution in [0.15, 0.2) is 115 Å². The summed E-state index contributed by atoms with van der Waals surface area (Å²) in [5, 5.41) is 0. The van der Waals surface area contributed by atoms with E-state index in [2.05, 4.69) is 22.1 Å². The minimum absolute atomic E-state index is 0. The van der Waals surface area contributed by atoms with E-state index in [0.29, 0.717) is 5.56 Å². The summed E-state index contributed by atoms with van der Waals surface area (Å²) in [6.07, 6.45) is -1.08. The number of hydrogen-bond donors (Lipinski definition) is 0. The third kappa shape index (κ3) is 6.31. The van der Waals surface area contributed by atoms with Crippen molar-refractivity contribution in [2.24, 2.45) is 0 Å². The van der Waals surface area contributed by atoms with Crippen molar-refractivity contribution < 1.29 is 44.8 Å². The molecule has 0 aliphatic carbocycles. The topological polar surface area (TPSA) is 25.8 Å². The average molecular weight is 609 g/mol. The van der Waals surface area contributed by atoms with Crippen LogP contribution in [0, 0.1) is 19.1 Å². The molecular weight excluding hydrogens is 569 g/mol. The standard InChI is InChI=1S/C17H12N.C12H10N.Ir/c1-3-7-14(8-4-1)16-11-12-18-17(13-16)15-9-5-2-6-10-15;1-10-5-4-6-11(9-10)12-7-2-3-8-13-12;/h1-9,11-13H;2-8H,1H3;/q2*-1;/i1D,2D,3D,4D,5D,6D,7D,9D,11D,12D,13D;2D,3D,4D,5D,6D,7D,8D;. The smallest absolute Gasteiger partial charge is 0.0830 e. The van der Waals surface area contributed by atoms with Gasteiger partial charge in [-0.2, -0.15) is 0 Å². The van der Waals surface area contributed by atoms with Crippen LogP contribution >= 0.6 is 0 Å². The predicted octanol–water partition coefficient (Wildman–Crippen LogP) is 7.07. The van der Waals surface area contributed by atoms with Crippen LogP contribution < -0.4 is 0 Å². The van der Waals surface area contributed by atoms with Crippen molar-refractivity contribution in [3.8, 4) is 33.6 Å². The molecule has 0 fully saturated rings. The van der Waals surface area contributed by atoms with E-state index < -0.39 is 84.9 Å². The van der Waals surface area contributed by atoms with Crippen LogP contribution in [-0.2, 0) is 20.1 Å². The van der Waals surface area contributed by atoms with Crippen LogP contribution in [0.5, 0.6) is 0 Å². The minimum Gasteiger partial charge on any atom is -0.305 e. The Hall–Kier alpha value is -3.39. The normalized spacial score (nSPS) is 17.7. The fourth-order valence-corrected chi connectivity index (χ4v) is 2.26. The Bertz CT molecular complexity index is 2130. The van der Waals surface area contributed by atoms with E-state index in [9.17, 15) is 0 Å². The molecule has 2 heterocycles. The molecule has 0 spiro atoms. The largest absolute Gasteiger partial charge is 0.305 e. The van der Waals surface area contributed by atoms with E-state index in [1.165, 1.54) is 0 Å². The van der Waals surface area contributed by atoms with Gasteiger partial charge in [0, 0.05) is 36.6 Å². The summed E-state index contributed by atoms with van der Waals surface area (Å²) in [6.45, 7) is 1.55. The first-order valence-corrected chi connectivity index (χ1v) is 8.72. The zero-order valence-corrected chi connectivity index (χ0v) is 18.7. The van der Waals surface area contributed by atoms with Crippen LogP contribution in [0.1, 0.15) is 30.2 Å². The Balaban J connectivity index is 0.000000283. The zero-order valence-electron chi connectivity index (χ0n) is 34.3. The monoisotopic (exact) mass is 609 g/mol. The minimum atomic E-state index is -0.612. The number of pyridine rings is 2. The molecule has 0 bridgehead atoms. The van der Waals surface area contributed by atoms with Crippen molar-refractivity contribution in [1.82, 2.24) is 9.97 Å². The van der Waals surface area contributed by atoms with Gasteiger partial charge in [-0.05, 0) is 40.1 Å². The average Bonchev–Trinajstić information content (AvgIpc) is 3.06. The maximum Gasteiger partial charge on any atom is 0.0830 e. The quantitative estimate of drug-likeness (QED) is 0.205. The van der Waals surface area contributed by atoms with Crippen molar-refractivity contribution in [3.63, 3.8) is 0 Å². The Morgan fingerprint density at radius 3 is 2.44 bits per heavy atom. The zero-order chi connectivity index (χ0) is 37.0. The SMILES string of the molecule is [2H]c1[c-]c(-c2nc([2H])c([2H])c(-c3cc([2H])c([2H])c([2H])c3[2H])c2[2H])c([2H])c([2H])c1[2H].[2H]c1nc(-c2[c-]c(C)c([2H])c([2H])c2[2H])c([2H])c([2H])c1[2H].[Ir]. The van der Waals surface area contributed by atoms with Crippen molar-refractivity contribution in [1.29, 1.82) is 0 Å². The molecule has 0 saturated heterocycles. The van der Waals surface area contributed by atoms with Crippen molar-refractivity contribution >= 4 is 0 Å². The van der Waals surface area contributed by atoms with Crippen LogP contribution in [0.25, 0.3) is 33.6 Å². The summed E-state index contributed by atoms with van der Waals surface area (Å²) in [5.74, 6) is 0. The Morgan fingerprint density at radius 1 is 0.688 bits per heavy atom. The van der Waals surface area contributed by atoms with Gasteiger partial charge in [0.1, 0.15) is 0 Å². The van der Waals surface area contributed by atoms with E-state index in [4.69, 9.17) is 24.7 Å². The molecule has 5 rings (SSSR count). The van der Waals surface area contributed by atoms with E-state index in [0.717, 1.165) is 6.07 Å². The molecule has 5 aromatic rings. The molecule has 0 aliphatic heterocycles. The molecule has 0 saturated carbocycles. The number of benzene rings is 3. The van der Waals surface area contributed by atoms with Gasteiger partial charge in [-0.15, -0.1) is 71.1 Å². The van der Waals surface area contributed by atoms with Gasteiger partial charge in [0.2, 0.25) is 0 Å². The fourth-order valence-electron chi connectivity index (χ4n) is 2.26. The molecule has 3 heteroatoms. The number of aryl methyl sites for hydroxylation is 1. The molecule has 2 nitrogen and oxygen atoms in total. The Labute approximate surface area is 228 Å². The van der Waals surface area contributed by atoms with Crippen LogP contribution in [0.2, 0.25) is 0 Å². The summed E-state index contributed by atoms with van der Waals surface area (Å²) < 4.78 is 140. The van der Waals surface area contributed by atoms with E-state index in [1.54, 1.807) is 6.92 Å². The molecule has 32 heavy (non-hydrogen) atoms. The van der Waals surface area contributed by atoms with Crippen molar-refractivity contribution in [3.05, 3.63) is 133 Å². The molecule has 1 radical (unpaired) electrons. The molecule has 3 aromatic carbocycles. The second-order valence-electron chi connectivity index (χ2n) is 5.72. The summed E-state index contributed by atoms with van der Waals surface area (Å²) in [4.78, 5) is 7.57. The molecule has 0 atom stereocenters. The molecule has 0 unspecified atom stereocenters. The third-order valence-corrected chi connectivity index (χ3v) is 3.60. The third-order valence-electron chi connectivity index (χ3n) is 3.60. The number of rotatable bonds is 3. The van der Waals surface area contributed by atoms with Crippen LogP contribution in [0.3, 0.4) is 0 Å². The van der Waals surface area contributed by atoms with Gasteiger partial charge in [0.25, 0.3) is 0 Å². The molecular formula is C29H22IrN2-2. The van der Waals surface area contributed by atoms with E-state index in [-0.39, 0.29) is 77.9 Å². The summed E-state index contributed by atoms with van der Waals surface area (Å²) in [6, 6.07) is -0.964. The van der Waals surface area contributed by atoms with E-state index in [1.807, 2.05) is 0 Å². The molecule has 159 valence electrons.